The van der Waals surface area contributed by atoms with E-state index in [2.05, 4.69) is 25.9 Å². The van der Waals surface area contributed by atoms with Gasteiger partial charge in [0.1, 0.15) is 11.6 Å². The molecular weight excluding hydrogens is 284 g/mol. The number of ether oxygens (including phenoxy) is 1. The molecule has 0 amide bonds. The van der Waals surface area contributed by atoms with Gasteiger partial charge in [0.25, 0.3) is 0 Å². The third-order valence-corrected chi connectivity index (χ3v) is 2.74. The number of aromatic nitrogens is 4. The van der Waals surface area contributed by atoms with E-state index >= 15 is 0 Å². The van der Waals surface area contributed by atoms with E-state index in [0.29, 0.717) is 12.3 Å². The molecule has 0 unspecified atom stereocenters. The molecule has 1 aromatic carbocycles. The fraction of sp³-hybridized carbons (Fsp3) is 0.214. The molecule has 2 N–H and O–H groups in total. The number of tetrazole rings is 1. The Morgan fingerprint density at radius 2 is 2.32 bits per heavy atom. The quantitative estimate of drug-likeness (QED) is 0.609. The Kier molecular flexibility index (Phi) is 5.20. The second-order valence-electron chi connectivity index (χ2n) is 4.19. The number of hydrogen-bond acceptors (Lipinski definition) is 7. The zero-order valence-electron chi connectivity index (χ0n) is 11.9. The van der Waals surface area contributed by atoms with Crippen molar-refractivity contribution in [1.29, 1.82) is 5.26 Å². The molecule has 0 aliphatic heterocycles. The summed E-state index contributed by atoms with van der Waals surface area (Å²) < 4.78 is 4.94. The van der Waals surface area contributed by atoms with Crippen LogP contribution >= 0.6 is 0 Å². The van der Waals surface area contributed by atoms with Crippen LogP contribution in [0.2, 0.25) is 0 Å². The van der Waals surface area contributed by atoms with Crippen molar-refractivity contribution in [2.75, 3.05) is 11.9 Å². The molecular formula is C14H14N6O2. The number of esters is 1. The van der Waals surface area contributed by atoms with E-state index in [0.717, 1.165) is 5.56 Å². The lowest BCUT2D eigenvalue weighted by atomic mass is 10.1. The van der Waals surface area contributed by atoms with Gasteiger partial charge in [-0.2, -0.15) is 10.5 Å². The first kappa shape index (κ1) is 15.2. The van der Waals surface area contributed by atoms with E-state index < -0.39 is 0 Å². The van der Waals surface area contributed by atoms with Crippen molar-refractivity contribution in [2.24, 2.45) is 0 Å². The number of H-pyrrole nitrogens is 1. The van der Waals surface area contributed by atoms with Crippen molar-refractivity contribution in [3.05, 3.63) is 41.9 Å². The van der Waals surface area contributed by atoms with E-state index in [1.807, 2.05) is 24.3 Å². The number of carbonyl (C=O) groups excluding carboxylic acids is 1. The Balaban J connectivity index is 2.16. The molecule has 0 spiro atoms. The summed E-state index contributed by atoms with van der Waals surface area (Å²) in [6.07, 6.45) is 1.61. The molecule has 8 nitrogen and oxygen atoms in total. The van der Waals surface area contributed by atoms with E-state index in [9.17, 15) is 4.79 Å². The second kappa shape index (κ2) is 7.54. The van der Waals surface area contributed by atoms with Gasteiger partial charge in [0.05, 0.1) is 13.0 Å². The average Bonchev–Trinajstić information content (AvgIpc) is 3.04. The molecule has 0 saturated carbocycles. The van der Waals surface area contributed by atoms with Gasteiger partial charge in [-0.15, -0.1) is 10.2 Å². The second-order valence-corrected chi connectivity index (χ2v) is 4.19. The lowest BCUT2D eigenvalue weighted by Crippen LogP contribution is -2.09. The molecule has 1 heterocycles. The SMILES string of the molecule is CCOC(=O)Cc1ccccc1NC=C(C#N)c1nn[nH]n1. The first-order valence-corrected chi connectivity index (χ1v) is 6.58. The van der Waals surface area contributed by atoms with Crippen LogP contribution in [-0.4, -0.2) is 33.2 Å². The Morgan fingerprint density at radius 3 is 3.00 bits per heavy atom. The number of nitriles is 1. The molecule has 0 aliphatic rings. The zero-order chi connectivity index (χ0) is 15.8. The van der Waals surface area contributed by atoms with Crippen molar-refractivity contribution in [3.8, 4) is 6.07 Å². The van der Waals surface area contributed by atoms with Gasteiger partial charge in [-0.25, -0.2) is 0 Å². The number of hydrogen-bond donors (Lipinski definition) is 2. The largest absolute Gasteiger partial charge is 0.466 e. The highest BCUT2D eigenvalue weighted by Gasteiger charge is 2.09. The Labute approximate surface area is 126 Å². The molecule has 1 aromatic heterocycles. The Bertz CT molecular complexity index is 702. The highest BCUT2D eigenvalue weighted by molar-refractivity contribution is 5.77. The minimum atomic E-state index is -0.306. The first-order valence-electron chi connectivity index (χ1n) is 6.58. The van der Waals surface area contributed by atoms with E-state index in [4.69, 9.17) is 10.00 Å². The first-order chi connectivity index (χ1) is 10.7. The summed E-state index contributed by atoms with van der Waals surface area (Å²) in [5, 5.41) is 25.3. The van der Waals surface area contributed by atoms with Crippen molar-refractivity contribution < 1.29 is 9.53 Å². The molecule has 0 radical (unpaired) electrons. The van der Waals surface area contributed by atoms with Gasteiger partial charge in [-0.3, -0.25) is 4.79 Å². The summed E-state index contributed by atoms with van der Waals surface area (Å²) in [5.74, 6) is -0.114. The van der Waals surface area contributed by atoms with Gasteiger partial charge in [0.15, 0.2) is 0 Å². The summed E-state index contributed by atoms with van der Waals surface area (Å²) in [7, 11) is 0. The Hall–Kier alpha value is -3.21. The smallest absolute Gasteiger partial charge is 0.310 e. The standard InChI is InChI=1S/C14H14N6O2/c1-2-22-13(21)7-10-5-3-4-6-12(10)16-9-11(8-15)14-17-19-20-18-14/h3-6,9,16H,2,7H2,1H3,(H,17,18,19,20). The maximum Gasteiger partial charge on any atom is 0.310 e. The van der Waals surface area contributed by atoms with Gasteiger partial charge in [0, 0.05) is 11.9 Å². The molecule has 0 aliphatic carbocycles. The molecule has 2 rings (SSSR count). The number of nitrogens with zero attached hydrogens (tertiary/aromatic N) is 4. The molecule has 8 heteroatoms. The van der Waals surface area contributed by atoms with Gasteiger partial charge >= 0.3 is 5.97 Å². The number of benzene rings is 1. The number of carbonyl (C=O) groups is 1. The van der Waals surface area contributed by atoms with Crippen molar-refractivity contribution in [2.45, 2.75) is 13.3 Å². The summed E-state index contributed by atoms with van der Waals surface area (Å²) >= 11 is 0. The van der Waals surface area contributed by atoms with Crippen LogP contribution < -0.4 is 5.32 Å². The summed E-state index contributed by atoms with van der Waals surface area (Å²) in [5.41, 5.74) is 1.69. The number of nitrogens with one attached hydrogen (secondary N) is 2. The van der Waals surface area contributed by atoms with Crippen molar-refractivity contribution in [1.82, 2.24) is 20.6 Å². The summed E-state index contributed by atoms with van der Waals surface area (Å²) in [4.78, 5) is 11.6. The predicted molar refractivity (Wildman–Crippen MR) is 78.2 cm³/mol. The van der Waals surface area contributed by atoms with Crippen LogP contribution in [0.5, 0.6) is 0 Å². The topological polar surface area (TPSA) is 117 Å². The van der Waals surface area contributed by atoms with E-state index in [-0.39, 0.29) is 23.8 Å². The van der Waals surface area contributed by atoms with Crippen LogP contribution in [0.15, 0.2) is 30.5 Å². The highest BCUT2D eigenvalue weighted by atomic mass is 16.5. The van der Waals surface area contributed by atoms with Crippen LogP contribution in [0.3, 0.4) is 0 Å². The van der Waals surface area contributed by atoms with Gasteiger partial charge in [0.2, 0.25) is 5.82 Å². The van der Waals surface area contributed by atoms with Crippen molar-refractivity contribution >= 4 is 17.2 Å². The fourth-order valence-corrected chi connectivity index (χ4v) is 1.76. The lowest BCUT2D eigenvalue weighted by molar-refractivity contribution is -0.142. The van der Waals surface area contributed by atoms with E-state index in [1.165, 1.54) is 6.20 Å². The lowest BCUT2D eigenvalue weighted by Gasteiger charge is -2.09. The van der Waals surface area contributed by atoms with Gasteiger partial charge in [-0.05, 0) is 23.8 Å². The predicted octanol–water partition coefficient (Wildman–Crippen LogP) is 1.28. The fourth-order valence-electron chi connectivity index (χ4n) is 1.76. The highest BCUT2D eigenvalue weighted by Crippen LogP contribution is 2.17. The molecule has 2 aromatic rings. The minimum Gasteiger partial charge on any atom is -0.466 e. The molecule has 22 heavy (non-hydrogen) atoms. The maximum atomic E-state index is 11.6. The molecule has 112 valence electrons. The molecule has 0 fully saturated rings. The van der Waals surface area contributed by atoms with Gasteiger partial charge < -0.3 is 10.1 Å². The average molecular weight is 298 g/mol. The number of rotatable bonds is 6. The number of anilines is 1. The van der Waals surface area contributed by atoms with Crippen LogP contribution in [0.1, 0.15) is 18.3 Å². The maximum absolute atomic E-state index is 11.6. The zero-order valence-corrected chi connectivity index (χ0v) is 11.9. The normalized spacial score (nSPS) is 10.8. The molecule has 0 atom stereocenters. The summed E-state index contributed by atoms with van der Waals surface area (Å²) in [6.45, 7) is 2.10. The van der Waals surface area contributed by atoms with Crippen LogP contribution in [0, 0.1) is 11.3 Å². The number of allylic oxidation sites excluding steroid dienone is 1. The monoisotopic (exact) mass is 298 g/mol. The third-order valence-electron chi connectivity index (χ3n) is 2.74. The Morgan fingerprint density at radius 1 is 1.50 bits per heavy atom. The van der Waals surface area contributed by atoms with Crippen LogP contribution in [-0.2, 0) is 16.0 Å². The molecule has 0 saturated heterocycles. The summed E-state index contributed by atoms with van der Waals surface area (Å²) in [6, 6.07) is 9.24. The van der Waals surface area contributed by atoms with Crippen molar-refractivity contribution in [3.63, 3.8) is 0 Å². The third kappa shape index (κ3) is 3.89. The van der Waals surface area contributed by atoms with Crippen LogP contribution in [0.25, 0.3) is 5.57 Å². The van der Waals surface area contributed by atoms with E-state index in [1.54, 1.807) is 13.0 Å². The van der Waals surface area contributed by atoms with Crippen LogP contribution in [0.4, 0.5) is 5.69 Å². The molecule has 0 bridgehead atoms. The minimum absolute atomic E-state index is 0.148. The van der Waals surface area contributed by atoms with Gasteiger partial charge in [-0.1, -0.05) is 18.2 Å². The number of para-hydroxylation sites is 1. The number of aromatic amines is 1.